The van der Waals surface area contributed by atoms with Gasteiger partial charge >= 0.3 is 6.09 Å². The Bertz CT molecular complexity index is 955. The summed E-state index contributed by atoms with van der Waals surface area (Å²) in [7, 11) is 0. The lowest BCUT2D eigenvalue weighted by atomic mass is 10.1. The summed E-state index contributed by atoms with van der Waals surface area (Å²) in [5.41, 5.74) is 5.22. The number of hydrogen-bond acceptors (Lipinski definition) is 7. The summed E-state index contributed by atoms with van der Waals surface area (Å²) in [5.74, 6) is 0.109. The molecule has 0 saturated carbocycles. The van der Waals surface area contributed by atoms with Crippen LogP contribution in [-0.2, 0) is 4.74 Å². The number of hydrogen-bond donors (Lipinski definition) is 1. The van der Waals surface area contributed by atoms with Gasteiger partial charge in [0.2, 0.25) is 0 Å². The maximum absolute atomic E-state index is 14.0. The molecule has 9 nitrogen and oxygen atoms in total. The summed E-state index contributed by atoms with van der Waals surface area (Å²) in [4.78, 5) is 35.9. The second-order valence-electron chi connectivity index (χ2n) is 7.43. The van der Waals surface area contributed by atoms with Crippen molar-refractivity contribution in [3.8, 4) is 11.5 Å². The fourth-order valence-corrected chi connectivity index (χ4v) is 3.58. The highest BCUT2D eigenvalue weighted by atomic mass is 19.1. The van der Waals surface area contributed by atoms with E-state index in [0.717, 1.165) is 0 Å². The standard InChI is InChI=1S/C21H26FN5O4/c1-4-27(13(2)3)20(28)16-9-14(22)5-6-17(16)31-18-10-24-12-25-19(18)26-8-7-15(11-26)30-21(23)29/h5-6,9-10,12-13,15H,4,7-8,11H2,1-3H3,(H2,23,29)/t15-/m1/s1. The van der Waals surface area contributed by atoms with Crippen LogP contribution in [-0.4, -0.2) is 58.6 Å². The van der Waals surface area contributed by atoms with Crippen LogP contribution in [0.2, 0.25) is 0 Å². The number of carbonyl (C=O) groups excluding carboxylic acids is 2. The molecule has 166 valence electrons. The van der Waals surface area contributed by atoms with Gasteiger partial charge in [0, 0.05) is 25.6 Å². The van der Waals surface area contributed by atoms with Crippen molar-refractivity contribution in [2.45, 2.75) is 39.3 Å². The van der Waals surface area contributed by atoms with Crippen LogP contribution in [0.4, 0.5) is 15.0 Å². The first-order valence-electron chi connectivity index (χ1n) is 10.1. The number of halogens is 1. The molecule has 31 heavy (non-hydrogen) atoms. The van der Waals surface area contributed by atoms with E-state index in [2.05, 4.69) is 9.97 Å². The molecule has 1 aliphatic heterocycles. The van der Waals surface area contributed by atoms with Crippen molar-refractivity contribution >= 4 is 17.8 Å². The Labute approximate surface area is 180 Å². The van der Waals surface area contributed by atoms with E-state index in [0.29, 0.717) is 37.6 Å². The topological polar surface area (TPSA) is 111 Å². The van der Waals surface area contributed by atoms with E-state index in [1.807, 2.05) is 25.7 Å². The average molecular weight is 431 g/mol. The maximum atomic E-state index is 14.0. The average Bonchev–Trinajstić information content (AvgIpc) is 3.17. The zero-order valence-electron chi connectivity index (χ0n) is 17.7. The van der Waals surface area contributed by atoms with E-state index in [1.54, 1.807) is 4.90 Å². The molecule has 0 aliphatic carbocycles. The molecule has 10 heteroatoms. The van der Waals surface area contributed by atoms with Gasteiger partial charge in [0.15, 0.2) is 11.6 Å². The SMILES string of the molecule is CCN(C(=O)c1cc(F)ccc1Oc1cncnc1N1CC[C@@H](OC(N)=O)C1)C(C)C. The van der Waals surface area contributed by atoms with Crippen molar-refractivity contribution in [1.29, 1.82) is 0 Å². The highest BCUT2D eigenvalue weighted by Crippen LogP contribution is 2.34. The first-order valence-corrected chi connectivity index (χ1v) is 10.1. The molecule has 0 radical (unpaired) electrons. The zero-order valence-corrected chi connectivity index (χ0v) is 17.7. The number of primary amides is 1. The number of nitrogens with two attached hydrogens (primary N) is 1. The minimum absolute atomic E-state index is 0.0592. The molecule has 1 aromatic carbocycles. The Hall–Kier alpha value is -3.43. The lowest BCUT2D eigenvalue weighted by molar-refractivity contribution is 0.0713. The monoisotopic (exact) mass is 431 g/mol. The molecule has 0 unspecified atom stereocenters. The van der Waals surface area contributed by atoms with Crippen LogP contribution in [0.3, 0.4) is 0 Å². The fraction of sp³-hybridized carbons (Fsp3) is 0.429. The number of carbonyl (C=O) groups is 2. The van der Waals surface area contributed by atoms with Crippen molar-refractivity contribution in [3.63, 3.8) is 0 Å². The molecule has 1 aliphatic rings. The molecule has 2 heterocycles. The third kappa shape index (κ3) is 5.19. The van der Waals surface area contributed by atoms with Gasteiger partial charge in [-0.1, -0.05) is 0 Å². The second-order valence-corrected chi connectivity index (χ2v) is 7.43. The van der Waals surface area contributed by atoms with E-state index >= 15 is 0 Å². The van der Waals surface area contributed by atoms with Crippen LogP contribution >= 0.6 is 0 Å². The molecular formula is C21H26FN5O4. The smallest absolute Gasteiger partial charge is 0.404 e. The first-order chi connectivity index (χ1) is 14.8. The van der Waals surface area contributed by atoms with Crippen LogP contribution in [0, 0.1) is 5.82 Å². The third-order valence-electron chi connectivity index (χ3n) is 5.00. The predicted octanol–water partition coefficient (Wildman–Crippen LogP) is 2.95. The van der Waals surface area contributed by atoms with Gasteiger partial charge in [-0.05, 0) is 39.0 Å². The van der Waals surface area contributed by atoms with Gasteiger partial charge in [-0.15, -0.1) is 0 Å². The summed E-state index contributed by atoms with van der Waals surface area (Å²) in [6.45, 7) is 7.07. The summed E-state index contributed by atoms with van der Waals surface area (Å²) in [5, 5.41) is 0. The molecule has 2 aromatic rings. The Morgan fingerprint density at radius 2 is 2.13 bits per heavy atom. The Morgan fingerprint density at radius 3 is 2.81 bits per heavy atom. The number of ether oxygens (including phenoxy) is 2. The van der Waals surface area contributed by atoms with E-state index in [9.17, 15) is 14.0 Å². The summed E-state index contributed by atoms with van der Waals surface area (Å²) < 4.78 is 25.0. The van der Waals surface area contributed by atoms with Crippen molar-refractivity contribution < 1.29 is 23.5 Å². The number of anilines is 1. The molecule has 1 atom stereocenters. The van der Waals surface area contributed by atoms with Crippen molar-refractivity contribution in [2.24, 2.45) is 5.73 Å². The minimum Gasteiger partial charge on any atom is -0.451 e. The minimum atomic E-state index is -0.828. The Morgan fingerprint density at radius 1 is 1.35 bits per heavy atom. The van der Waals surface area contributed by atoms with Gasteiger partial charge in [0.05, 0.1) is 18.3 Å². The van der Waals surface area contributed by atoms with Gasteiger partial charge in [0.25, 0.3) is 5.91 Å². The molecule has 3 rings (SSSR count). The molecule has 0 spiro atoms. The Kier molecular flexibility index (Phi) is 6.88. The predicted molar refractivity (Wildman–Crippen MR) is 112 cm³/mol. The lowest BCUT2D eigenvalue weighted by Crippen LogP contribution is -2.36. The van der Waals surface area contributed by atoms with Crippen LogP contribution in [0.25, 0.3) is 0 Å². The highest BCUT2D eigenvalue weighted by Gasteiger charge is 2.29. The zero-order chi connectivity index (χ0) is 22.5. The quantitative estimate of drug-likeness (QED) is 0.717. The van der Waals surface area contributed by atoms with Crippen molar-refractivity contribution in [3.05, 3.63) is 42.1 Å². The van der Waals surface area contributed by atoms with Gasteiger partial charge in [-0.25, -0.2) is 19.2 Å². The molecule has 2 N–H and O–H groups in total. The normalized spacial score (nSPS) is 15.8. The Balaban J connectivity index is 1.89. The van der Waals surface area contributed by atoms with E-state index in [1.165, 1.54) is 30.7 Å². The van der Waals surface area contributed by atoms with E-state index in [-0.39, 0.29) is 29.4 Å². The molecule has 1 aromatic heterocycles. The fourth-order valence-electron chi connectivity index (χ4n) is 3.58. The van der Waals surface area contributed by atoms with Crippen LogP contribution in [0.5, 0.6) is 11.5 Å². The molecular weight excluding hydrogens is 405 g/mol. The molecule has 0 bridgehead atoms. The van der Waals surface area contributed by atoms with Crippen molar-refractivity contribution in [2.75, 3.05) is 24.5 Å². The highest BCUT2D eigenvalue weighted by molar-refractivity contribution is 5.97. The van der Waals surface area contributed by atoms with Gasteiger partial charge < -0.3 is 25.0 Å². The molecule has 1 saturated heterocycles. The van der Waals surface area contributed by atoms with Gasteiger partial charge in [0.1, 0.15) is 24.0 Å². The first kappa shape index (κ1) is 22.3. The largest absolute Gasteiger partial charge is 0.451 e. The number of benzene rings is 1. The number of nitrogens with zero attached hydrogens (tertiary/aromatic N) is 4. The van der Waals surface area contributed by atoms with Gasteiger partial charge in [-0.3, -0.25) is 4.79 Å². The second kappa shape index (κ2) is 9.59. The van der Waals surface area contributed by atoms with Crippen LogP contribution in [0.1, 0.15) is 37.6 Å². The van der Waals surface area contributed by atoms with Crippen LogP contribution < -0.4 is 15.4 Å². The number of amides is 2. The summed E-state index contributed by atoms with van der Waals surface area (Å²) in [6, 6.07) is 3.75. The van der Waals surface area contributed by atoms with E-state index in [4.69, 9.17) is 15.2 Å². The number of aromatic nitrogens is 2. The van der Waals surface area contributed by atoms with E-state index < -0.39 is 11.9 Å². The van der Waals surface area contributed by atoms with Crippen molar-refractivity contribution in [1.82, 2.24) is 14.9 Å². The third-order valence-corrected chi connectivity index (χ3v) is 5.00. The van der Waals surface area contributed by atoms with Crippen LogP contribution in [0.15, 0.2) is 30.7 Å². The lowest BCUT2D eigenvalue weighted by Gasteiger charge is -2.26. The number of rotatable bonds is 7. The maximum Gasteiger partial charge on any atom is 0.404 e. The summed E-state index contributed by atoms with van der Waals surface area (Å²) >= 11 is 0. The molecule has 1 fully saturated rings. The molecule has 2 amide bonds. The summed E-state index contributed by atoms with van der Waals surface area (Å²) in [6.07, 6.45) is 2.26. The van der Waals surface area contributed by atoms with Gasteiger partial charge in [-0.2, -0.15) is 0 Å².